The van der Waals surface area contributed by atoms with Crippen LogP contribution in [0.1, 0.15) is 39.6 Å². The molecule has 0 saturated heterocycles. The normalized spacial score (nSPS) is 10.2. The Bertz CT molecular complexity index is 1050. The van der Waals surface area contributed by atoms with Crippen LogP contribution >= 0.6 is 0 Å². The lowest BCUT2D eigenvalue weighted by Gasteiger charge is -2.12. The average molecular weight is 416 g/mol. The van der Waals surface area contributed by atoms with Crippen LogP contribution in [-0.4, -0.2) is 30.7 Å². The summed E-state index contributed by atoms with van der Waals surface area (Å²) < 4.78 is 5.52. The van der Waals surface area contributed by atoms with Gasteiger partial charge in [-0.05, 0) is 42.8 Å². The molecule has 0 bridgehead atoms. The SMILES string of the molecule is CCCNC(=O)c1ccccc1NC(=O)COc1ccc(C(=O)c2ccccc2)cc1. The lowest BCUT2D eigenvalue weighted by Crippen LogP contribution is -2.27. The molecule has 0 radical (unpaired) electrons. The van der Waals surface area contributed by atoms with E-state index in [1.54, 1.807) is 60.7 Å². The van der Waals surface area contributed by atoms with Gasteiger partial charge in [-0.1, -0.05) is 49.4 Å². The zero-order valence-corrected chi connectivity index (χ0v) is 17.3. The summed E-state index contributed by atoms with van der Waals surface area (Å²) in [5.74, 6) is -0.242. The smallest absolute Gasteiger partial charge is 0.262 e. The molecule has 0 heterocycles. The molecule has 31 heavy (non-hydrogen) atoms. The van der Waals surface area contributed by atoms with Crippen molar-refractivity contribution in [3.05, 3.63) is 95.6 Å². The molecule has 0 atom stereocenters. The van der Waals surface area contributed by atoms with E-state index in [0.29, 0.717) is 34.7 Å². The number of rotatable bonds is 9. The summed E-state index contributed by atoms with van der Waals surface area (Å²) in [7, 11) is 0. The van der Waals surface area contributed by atoms with Crippen LogP contribution in [0.4, 0.5) is 5.69 Å². The van der Waals surface area contributed by atoms with Gasteiger partial charge in [0.15, 0.2) is 12.4 Å². The highest BCUT2D eigenvalue weighted by Gasteiger charge is 2.13. The number of hydrogen-bond acceptors (Lipinski definition) is 4. The van der Waals surface area contributed by atoms with Gasteiger partial charge in [0.1, 0.15) is 5.75 Å². The van der Waals surface area contributed by atoms with Gasteiger partial charge in [0.05, 0.1) is 11.3 Å². The van der Waals surface area contributed by atoms with E-state index >= 15 is 0 Å². The van der Waals surface area contributed by atoms with Gasteiger partial charge >= 0.3 is 0 Å². The van der Waals surface area contributed by atoms with Gasteiger partial charge in [-0.15, -0.1) is 0 Å². The van der Waals surface area contributed by atoms with E-state index in [1.807, 2.05) is 25.1 Å². The number of amides is 2. The predicted molar refractivity (Wildman–Crippen MR) is 120 cm³/mol. The molecule has 3 rings (SSSR count). The van der Waals surface area contributed by atoms with Crippen LogP contribution in [0.2, 0.25) is 0 Å². The fraction of sp³-hybridized carbons (Fsp3) is 0.160. The van der Waals surface area contributed by atoms with Crippen LogP contribution in [-0.2, 0) is 4.79 Å². The van der Waals surface area contributed by atoms with Crippen molar-refractivity contribution in [1.82, 2.24) is 5.32 Å². The second-order valence-corrected chi connectivity index (χ2v) is 6.86. The highest BCUT2D eigenvalue weighted by atomic mass is 16.5. The standard InChI is InChI=1S/C25H24N2O4/c1-2-16-26-25(30)21-10-6-7-11-22(21)27-23(28)17-31-20-14-12-19(13-15-20)24(29)18-8-4-3-5-9-18/h3-15H,2,16-17H2,1H3,(H,26,30)(H,27,28). The van der Waals surface area contributed by atoms with Gasteiger partial charge in [0.2, 0.25) is 0 Å². The molecular weight excluding hydrogens is 392 g/mol. The summed E-state index contributed by atoms with van der Waals surface area (Å²) in [5.41, 5.74) is 1.97. The average Bonchev–Trinajstić information content (AvgIpc) is 2.82. The van der Waals surface area contributed by atoms with E-state index < -0.39 is 0 Å². The van der Waals surface area contributed by atoms with Gasteiger partial charge in [0, 0.05) is 17.7 Å². The number of ether oxygens (including phenoxy) is 1. The van der Waals surface area contributed by atoms with Crippen LogP contribution in [0.15, 0.2) is 78.9 Å². The number of nitrogens with one attached hydrogen (secondary N) is 2. The summed E-state index contributed by atoms with van der Waals surface area (Å²) in [6, 6.07) is 22.4. The third kappa shape index (κ3) is 6.02. The van der Waals surface area contributed by atoms with Gasteiger partial charge in [-0.25, -0.2) is 0 Å². The first kappa shape index (κ1) is 21.8. The van der Waals surface area contributed by atoms with Gasteiger partial charge in [-0.3, -0.25) is 14.4 Å². The van der Waals surface area contributed by atoms with Crippen LogP contribution in [0, 0.1) is 0 Å². The Balaban J connectivity index is 1.57. The van der Waals surface area contributed by atoms with Crippen molar-refractivity contribution in [3.63, 3.8) is 0 Å². The molecule has 0 spiro atoms. The molecule has 0 saturated carbocycles. The number of carbonyl (C=O) groups is 3. The minimum absolute atomic E-state index is 0.0807. The van der Waals surface area contributed by atoms with Gasteiger partial charge < -0.3 is 15.4 Å². The molecule has 0 unspecified atom stereocenters. The Hall–Kier alpha value is -3.93. The second kappa shape index (κ2) is 10.7. The number of para-hydroxylation sites is 1. The Morgan fingerprint density at radius 3 is 2.16 bits per heavy atom. The largest absolute Gasteiger partial charge is 0.484 e. The highest BCUT2D eigenvalue weighted by Crippen LogP contribution is 2.17. The first-order valence-corrected chi connectivity index (χ1v) is 10.1. The fourth-order valence-corrected chi connectivity index (χ4v) is 2.92. The first-order chi connectivity index (χ1) is 15.1. The minimum Gasteiger partial charge on any atom is -0.484 e. The highest BCUT2D eigenvalue weighted by molar-refractivity contribution is 6.09. The van der Waals surface area contributed by atoms with Crippen LogP contribution in [0.25, 0.3) is 0 Å². The van der Waals surface area contributed by atoms with Crippen LogP contribution in [0.3, 0.4) is 0 Å². The number of ketones is 1. The van der Waals surface area contributed by atoms with Crippen molar-refractivity contribution in [1.29, 1.82) is 0 Å². The molecule has 2 N–H and O–H groups in total. The lowest BCUT2D eigenvalue weighted by molar-refractivity contribution is -0.118. The quantitative estimate of drug-likeness (QED) is 0.515. The maximum atomic E-state index is 12.4. The first-order valence-electron chi connectivity index (χ1n) is 10.1. The molecule has 0 aliphatic heterocycles. The van der Waals surface area contributed by atoms with Gasteiger partial charge in [-0.2, -0.15) is 0 Å². The van der Waals surface area contributed by atoms with Crippen molar-refractivity contribution in [3.8, 4) is 5.75 Å². The molecular formula is C25H24N2O4. The lowest BCUT2D eigenvalue weighted by atomic mass is 10.0. The third-order valence-corrected chi connectivity index (χ3v) is 4.50. The van der Waals surface area contributed by atoms with Gasteiger partial charge in [0.25, 0.3) is 11.8 Å². The second-order valence-electron chi connectivity index (χ2n) is 6.86. The van der Waals surface area contributed by atoms with Crippen molar-refractivity contribution in [2.45, 2.75) is 13.3 Å². The number of benzene rings is 3. The predicted octanol–water partition coefficient (Wildman–Crippen LogP) is 4.07. The molecule has 3 aromatic carbocycles. The number of anilines is 1. The van der Waals surface area contributed by atoms with E-state index in [1.165, 1.54) is 0 Å². The minimum atomic E-state index is -0.389. The van der Waals surface area contributed by atoms with Crippen molar-refractivity contribution >= 4 is 23.3 Å². The van der Waals surface area contributed by atoms with E-state index in [0.717, 1.165) is 6.42 Å². The molecule has 0 aliphatic carbocycles. The molecule has 0 aliphatic rings. The zero-order valence-electron chi connectivity index (χ0n) is 17.3. The Morgan fingerprint density at radius 2 is 1.45 bits per heavy atom. The molecule has 2 amide bonds. The molecule has 3 aromatic rings. The van der Waals surface area contributed by atoms with Crippen LogP contribution in [0.5, 0.6) is 5.75 Å². The maximum Gasteiger partial charge on any atom is 0.262 e. The van der Waals surface area contributed by atoms with Crippen molar-refractivity contribution in [2.24, 2.45) is 0 Å². The number of hydrogen-bond donors (Lipinski definition) is 2. The Kier molecular flexibility index (Phi) is 7.54. The zero-order chi connectivity index (χ0) is 22.1. The molecule has 6 nitrogen and oxygen atoms in total. The fourth-order valence-electron chi connectivity index (χ4n) is 2.92. The van der Waals surface area contributed by atoms with Crippen molar-refractivity contribution in [2.75, 3.05) is 18.5 Å². The molecule has 6 heteroatoms. The van der Waals surface area contributed by atoms with E-state index in [9.17, 15) is 14.4 Å². The summed E-state index contributed by atoms with van der Waals surface area (Å²) in [6.45, 7) is 2.30. The molecule has 0 fully saturated rings. The maximum absolute atomic E-state index is 12.4. The number of carbonyl (C=O) groups excluding carboxylic acids is 3. The van der Waals surface area contributed by atoms with E-state index in [-0.39, 0.29) is 24.2 Å². The molecule has 158 valence electrons. The van der Waals surface area contributed by atoms with Crippen LogP contribution < -0.4 is 15.4 Å². The summed E-state index contributed by atoms with van der Waals surface area (Å²) in [6.07, 6.45) is 0.823. The third-order valence-electron chi connectivity index (χ3n) is 4.50. The van der Waals surface area contributed by atoms with Crippen molar-refractivity contribution < 1.29 is 19.1 Å². The topological polar surface area (TPSA) is 84.5 Å². The summed E-state index contributed by atoms with van der Waals surface area (Å²) in [4.78, 5) is 37.0. The summed E-state index contributed by atoms with van der Waals surface area (Å²) >= 11 is 0. The van der Waals surface area contributed by atoms with E-state index in [4.69, 9.17) is 4.74 Å². The Labute approximate surface area is 181 Å². The van der Waals surface area contributed by atoms with E-state index in [2.05, 4.69) is 10.6 Å². The monoisotopic (exact) mass is 416 g/mol. The molecule has 0 aromatic heterocycles. The Morgan fingerprint density at radius 1 is 0.806 bits per heavy atom. The summed E-state index contributed by atoms with van der Waals surface area (Å²) in [5, 5.41) is 5.51.